The van der Waals surface area contributed by atoms with E-state index >= 15 is 0 Å². The lowest BCUT2D eigenvalue weighted by atomic mass is 10.2. The molecular formula is C12H12N2O2S2. The van der Waals surface area contributed by atoms with Gasteiger partial charge in [-0.3, -0.25) is 0 Å². The van der Waals surface area contributed by atoms with Crippen LogP contribution in [0, 0.1) is 6.92 Å². The van der Waals surface area contributed by atoms with Crippen LogP contribution in [-0.2, 0) is 9.84 Å². The average molecular weight is 280 g/mol. The Morgan fingerprint density at radius 3 is 2.94 bits per heavy atom. The lowest BCUT2D eigenvalue weighted by Gasteiger charge is -2.12. The number of imidazole rings is 1. The van der Waals surface area contributed by atoms with E-state index in [1.165, 1.54) is 5.41 Å². The van der Waals surface area contributed by atoms with Gasteiger partial charge in [0.2, 0.25) is 0 Å². The third-order valence-corrected chi connectivity index (χ3v) is 5.39. The molecule has 0 spiro atoms. The Balaban J connectivity index is 2.04. The zero-order valence-electron chi connectivity index (χ0n) is 9.78. The Morgan fingerprint density at radius 1 is 1.50 bits per heavy atom. The highest BCUT2D eigenvalue weighted by Crippen LogP contribution is 2.31. The van der Waals surface area contributed by atoms with Gasteiger partial charge in [0.25, 0.3) is 0 Å². The largest absolute Gasteiger partial charge is 0.322 e. The first-order chi connectivity index (χ1) is 8.57. The van der Waals surface area contributed by atoms with E-state index in [-0.39, 0.29) is 11.8 Å². The number of nitrogens with zero attached hydrogens (tertiary/aromatic N) is 2. The quantitative estimate of drug-likeness (QED) is 0.849. The highest BCUT2D eigenvalue weighted by Gasteiger charge is 2.25. The molecule has 0 radical (unpaired) electrons. The van der Waals surface area contributed by atoms with Crippen LogP contribution in [0.15, 0.2) is 35.3 Å². The Bertz CT molecular complexity index is 710. The summed E-state index contributed by atoms with van der Waals surface area (Å²) in [5, 5.41) is 3.31. The first-order valence-electron chi connectivity index (χ1n) is 5.55. The van der Waals surface area contributed by atoms with Gasteiger partial charge in [0.1, 0.15) is 0 Å². The van der Waals surface area contributed by atoms with Crippen LogP contribution in [-0.4, -0.2) is 23.7 Å². The van der Waals surface area contributed by atoms with E-state index in [4.69, 9.17) is 0 Å². The molecule has 0 amide bonds. The number of aryl methyl sites for hydroxylation is 1. The number of aromatic nitrogens is 2. The second-order valence-electron chi connectivity index (χ2n) is 4.32. The molecule has 0 fully saturated rings. The molecule has 3 rings (SSSR count). The van der Waals surface area contributed by atoms with Crippen LogP contribution < -0.4 is 0 Å². The lowest BCUT2D eigenvalue weighted by molar-refractivity contribution is 0.594. The van der Waals surface area contributed by atoms with Crippen LogP contribution in [0.2, 0.25) is 0 Å². The SMILES string of the molecule is Cc1ccsc1-c1nccn1C1C=CS(=O)(=O)C1. The van der Waals surface area contributed by atoms with E-state index < -0.39 is 9.84 Å². The summed E-state index contributed by atoms with van der Waals surface area (Å²) in [4.78, 5) is 5.45. The number of sulfone groups is 1. The van der Waals surface area contributed by atoms with E-state index in [0.717, 1.165) is 16.3 Å². The summed E-state index contributed by atoms with van der Waals surface area (Å²) >= 11 is 1.62. The average Bonchev–Trinajstić information content (AvgIpc) is 2.96. The van der Waals surface area contributed by atoms with Gasteiger partial charge in [0.15, 0.2) is 15.7 Å². The normalized spacial score (nSPS) is 21.5. The van der Waals surface area contributed by atoms with Crippen molar-refractivity contribution in [3.63, 3.8) is 0 Å². The van der Waals surface area contributed by atoms with Crippen molar-refractivity contribution in [1.82, 2.24) is 9.55 Å². The molecule has 1 unspecified atom stereocenters. The molecule has 0 aromatic carbocycles. The maximum atomic E-state index is 11.5. The summed E-state index contributed by atoms with van der Waals surface area (Å²) in [7, 11) is -3.04. The van der Waals surface area contributed by atoms with Gasteiger partial charge < -0.3 is 4.57 Å². The second-order valence-corrected chi connectivity index (χ2v) is 7.16. The van der Waals surface area contributed by atoms with Crippen molar-refractivity contribution in [3.05, 3.63) is 40.9 Å². The highest BCUT2D eigenvalue weighted by molar-refractivity contribution is 7.94. The van der Waals surface area contributed by atoms with E-state index in [2.05, 4.69) is 4.98 Å². The molecule has 0 N–H and O–H groups in total. The molecule has 0 saturated carbocycles. The molecule has 0 bridgehead atoms. The fourth-order valence-electron chi connectivity index (χ4n) is 2.09. The molecule has 0 aliphatic carbocycles. The van der Waals surface area contributed by atoms with E-state index in [9.17, 15) is 8.42 Å². The Labute approximate surface area is 110 Å². The Hall–Kier alpha value is -1.40. The molecule has 0 saturated heterocycles. The molecule has 18 heavy (non-hydrogen) atoms. The maximum absolute atomic E-state index is 11.5. The van der Waals surface area contributed by atoms with Gasteiger partial charge in [-0.1, -0.05) is 0 Å². The molecule has 1 aliphatic rings. The second kappa shape index (κ2) is 4.07. The first kappa shape index (κ1) is 11.7. The summed E-state index contributed by atoms with van der Waals surface area (Å²) < 4.78 is 24.9. The van der Waals surface area contributed by atoms with Crippen molar-refractivity contribution in [3.8, 4) is 10.7 Å². The summed E-state index contributed by atoms with van der Waals surface area (Å²) in [5.41, 5.74) is 1.16. The van der Waals surface area contributed by atoms with Crippen molar-refractivity contribution in [2.75, 3.05) is 5.75 Å². The monoisotopic (exact) mass is 280 g/mol. The molecule has 6 heteroatoms. The minimum atomic E-state index is -3.04. The van der Waals surface area contributed by atoms with Crippen molar-refractivity contribution in [1.29, 1.82) is 0 Å². The molecule has 3 heterocycles. The number of hydrogen-bond donors (Lipinski definition) is 0. The van der Waals surface area contributed by atoms with Crippen LogP contribution in [0.25, 0.3) is 10.7 Å². The minimum Gasteiger partial charge on any atom is -0.322 e. The zero-order valence-corrected chi connectivity index (χ0v) is 11.4. The van der Waals surface area contributed by atoms with Crippen LogP contribution in [0.1, 0.15) is 11.6 Å². The topological polar surface area (TPSA) is 52.0 Å². The molecule has 1 aliphatic heterocycles. The summed E-state index contributed by atoms with van der Waals surface area (Å²) in [6.07, 6.45) is 5.28. The summed E-state index contributed by atoms with van der Waals surface area (Å²) in [6.45, 7) is 2.03. The third kappa shape index (κ3) is 1.91. The molecule has 2 aromatic heterocycles. The van der Waals surface area contributed by atoms with Gasteiger partial charge >= 0.3 is 0 Å². The zero-order chi connectivity index (χ0) is 12.8. The van der Waals surface area contributed by atoms with Crippen molar-refractivity contribution in [2.45, 2.75) is 13.0 Å². The Kier molecular flexibility index (Phi) is 2.64. The van der Waals surface area contributed by atoms with Gasteiger partial charge in [-0.15, -0.1) is 11.3 Å². The van der Waals surface area contributed by atoms with Gasteiger partial charge in [-0.2, -0.15) is 0 Å². The number of rotatable bonds is 2. The van der Waals surface area contributed by atoms with Gasteiger partial charge in [-0.05, 0) is 30.0 Å². The van der Waals surface area contributed by atoms with E-state index in [1.54, 1.807) is 23.6 Å². The van der Waals surface area contributed by atoms with Crippen molar-refractivity contribution in [2.24, 2.45) is 0 Å². The highest BCUT2D eigenvalue weighted by atomic mass is 32.2. The standard InChI is InChI=1S/C12H12N2O2S2/c1-9-2-6-17-11(9)12-13-4-5-14(12)10-3-7-18(15,16)8-10/h2-7,10H,8H2,1H3. The minimum absolute atomic E-state index is 0.126. The number of hydrogen-bond acceptors (Lipinski definition) is 4. The molecule has 1 atom stereocenters. The Morgan fingerprint density at radius 2 is 2.33 bits per heavy atom. The number of allylic oxidation sites excluding steroid dienone is 1. The molecule has 4 nitrogen and oxygen atoms in total. The van der Waals surface area contributed by atoms with Crippen LogP contribution in [0.5, 0.6) is 0 Å². The third-order valence-electron chi connectivity index (χ3n) is 3.00. The maximum Gasteiger partial charge on any atom is 0.173 e. The smallest absolute Gasteiger partial charge is 0.173 e. The van der Waals surface area contributed by atoms with Crippen molar-refractivity contribution < 1.29 is 8.42 Å². The van der Waals surface area contributed by atoms with E-state index in [0.29, 0.717) is 0 Å². The summed E-state index contributed by atoms with van der Waals surface area (Å²) in [6, 6.07) is 1.90. The van der Waals surface area contributed by atoms with Gasteiger partial charge in [0, 0.05) is 17.8 Å². The van der Waals surface area contributed by atoms with Crippen molar-refractivity contribution >= 4 is 21.2 Å². The lowest BCUT2D eigenvalue weighted by Crippen LogP contribution is -2.12. The number of thiophene rings is 1. The van der Waals surface area contributed by atoms with Crippen LogP contribution >= 0.6 is 11.3 Å². The van der Waals surface area contributed by atoms with Crippen LogP contribution in [0.4, 0.5) is 0 Å². The summed E-state index contributed by atoms with van der Waals surface area (Å²) in [5.74, 6) is 0.968. The molecule has 94 valence electrons. The van der Waals surface area contributed by atoms with E-state index in [1.807, 2.05) is 29.1 Å². The molecule has 2 aromatic rings. The van der Waals surface area contributed by atoms with Gasteiger partial charge in [-0.25, -0.2) is 13.4 Å². The fraction of sp³-hybridized carbons (Fsp3) is 0.250. The predicted molar refractivity (Wildman–Crippen MR) is 72.2 cm³/mol. The predicted octanol–water partition coefficient (Wildman–Crippen LogP) is 2.40. The van der Waals surface area contributed by atoms with Gasteiger partial charge in [0.05, 0.1) is 16.7 Å². The van der Waals surface area contributed by atoms with Crippen LogP contribution in [0.3, 0.4) is 0 Å². The molecular weight excluding hydrogens is 268 g/mol. The first-order valence-corrected chi connectivity index (χ1v) is 8.14. The fourth-order valence-corrected chi connectivity index (χ4v) is 4.30.